The van der Waals surface area contributed by atoms with Crippen LogP contribution in [0.4, 0.5) is 0 Å². The van der Waals surface area contributed by atoms with E-state index in [0.29, 0.717) is 6.42 Å². The molecule has 21 heavy (non-hydrogen) atoms. The zero-order valence-electron chi connectivity index (χ0n) is 12.9. The van der Waals surface area contributed by atoms with Crippen LogP contribution >= 0.6 is 0 Å². The lowest BCUT2D eigenvalue weighted by atomic mass is 9.95. The van der Waals surface area contributed by atoms with Gasteiger partial charge in [-0.1, -0.05) is 43.2 Å². The van der Waals surface area contributed by atoms with Gasteiger partial charge in [-0.25, -0.2) is 4.79 Å². The van der Waals surface area contributed by atoms with E-state index in [0.717, 1.165) is 18.4 Å². The summed E-state index contributed by atoms with van der Waals surface area (Å²) in [6.45, 7) is 4.05. The van der Waals surface area contributed by atoms with Crippen LogP contribution in [0.3, 0.4) is 0 Å². The molecule has 2 aliphatic rings. The van der Waals surface area contributed by atoms with Crippen LogP contribution in [0, 0.1) is 6.92 Å². The maximum absolute atomic E-state index is 12.5. The quantitative estimate of drug-likeness (QED) is 0.618. The van der Waals surface area contributed by atoms with Crippen molar-refractivity contribution in [2.45, 2.75) is 70.2 Å². The molecule has 1 aliphatic carbocycles. The minimum Gasteiger partial charge on any atom is -0.460 e. The van der Waals surface area contributed by atoms with Crippen LogP contribution in [-0.2, 0) is 14.3 Å². The average molecular weight is 288 g/mol. The van der Waals surface area contributed by atoms with Crippen molar-refractivity contribution in [2.75, 3.05) is 0 Å². The lowest BCUT2D eigenvalue weighted by molar-refractivity contribution is -0.157. The molecular weight excluding hydrogens is 264 g/mol. The number of rotatable bonds is 4. The Morgan fingerprint density at radius 2 is 1.90 bits per heavy atom. The van der Waals surface area contributed by atoms with Gasteiger partial charge >= 0.3 is 5.97 Å². The zero-order chi connectivity index (χ0) is 14.9. The second-order valence-corrected chi connectivity index (χ2v) is 6.32. The SMILES string of the molecule is CCC1(C(=O)OC2CCCCC2)OC1c1ccc(C)cc1. The molecule has 3 nitrogen and oxygen atoms in total. The number of hydrogen-bond donors (Lipinski definition) is 0. The molecule has 114 valence electrons. The zero-order valence-corrected chi connectivity index (χ0v) is 12.9. The number of carbonyl (C=O) groups excluding carboxylic acids is 1. The fraction of sp³-hybridized carbons (Fsp3) is 0.611. The highest BCUT2D eigenvalue weighted by molar-refractivity contribution is 5.84. The predicted molar refractivity (Wildman–Crippen MR) is 81.0 cm³/mol. The first kappa shape index (κ1) is 14.6. The summed E-state index contributed by atoms with van der Waals surface area (Å²) < 4.78 is 11.5. The lowest BCUT2D eigenvalue weighted by Gasteiger charge is -2.23. The molecule has 0 bridgehead atoms. The second kappa shape index (κ2) is 5.80. The molecular formula is C18H24O3. The molecule has 1 aliphatic heterocycles. The number of aryl methyl sites for hydroxylation is 1. The molecule has 3 rings (SSSR count). The molecule has 0 radical (unpaired) electrons. The van der Waals surface area contributed by atoms with Gasteiger partial charge in [-0.3, -0.25) is 0 Å². The van der Waals surface area contributed by atoms with Gasteiger partial charge < -0.3 is 9.47 Å². The normalized spacial score (nSPS) is 29.1. The Labute approximate surface area is 126 Å². The molecule has 2 fully saturated rings. The summed E-state index contributed by atoms with van der Waals surface area (Å²) in [5.74, 6) is -0.164. The van der Waals surface area contributed by atoms with E-state index in [4.69, 9.17) is 9.47 Å². The van der Waals surface area contributed by atoms with Crippen LogP contribution in [0.15, 0.2) is 24.3 Å². The van der Waals surface area contributed by atoms with Crippen LogP contribution in [-0.4, -0.2) is 17.7 Å². The Morgan fingerprint density at radius 1 is 1.24 bits per heavy atom. The maximum Gasteiger partial charge on any atom is 0.341 e. The fourth-order valence-corrected chi connectivity index (χ4v) is 3.26. The van der Waals surface area contributed by atoms with E-state index in [9.17, 15) is 4.79 Å². The van der Waals surface area contributed by atoms with Gasteiger partial charge in [0.25, 0.3) is 0 Å². The van der Waals surface area contributed by atoms with E-state index in [-0.39, 0.29) is 18.2 Å². The highest BCUT2D eigenvalue weighted by Crippen LogP contribution is 2.53. The van der Waals surface area contributed by atoms with Crippen molar-refractivity contribution in [3.8, 4) is 0 Å². The Morgan fingerprint density at radius 3 is 2.52 bits per heavy atom. The Kier molecular flexibility index (Phi) is 4.03. The lowest BCUT2D eigenvalue weighted by Crippen LogP contribution is -2.32. The number of epoxide rings is 1. The predicted octanol–water partition coefficient (Wildman–Crippen LogP) is 4.09. The molecule has 0 aromatic heterocycles. The smallest absolute Gasteiger partial charge is 0.341 e. The van der Waals surface area contributed by atoms with Crippen molar-refractivity contribution < 1.29 is 14.3 Å². The summed E-state index contributed by atoms with van der Waals surface area (Å²) in [5, 5.41) is 0. The van der Waals surface area contributed by atoms with Gasteiger partial charge in [0.15, 0.2) is 5.60 Å². The summed E-state index contributed by atoms with van der Waals surface area (Å²) in [6.07, 6.45) is 6.21. The third-order valence-electron chi connectivity index (χ3n) is 4.77. The number of esters is 1. The van der Waals surface area contributed by atoms with E-state index in [2.05, 4.69) is 19.1 Å². The highest BCUT2D eigenvalue weighted by Gasteiger charge is 2.63. The molecule has 1 aromatic rings. The molecule has 1 heterocycles. The minimum atomic E-state index is -0.743. The summed E-state index contributed by atoms with van der Waals surface area (Å²) in [4.78, 5) is 12.5. The summed E-state index contributed by atoms with van der Waals surface area (Å²) in [5.41, 5.74) is 1.54. The number of carbonyl (C=O) groups is 1. The first-order valence-corrected chi connectivity index (χ1v) is 8.11. The average Bonchev–Trinajstić information content (AvgIpc) is 3.25. The van der Waals surface area contributed by atoms with Crippen molar-refractivity contribution >= 4 is 5.97 Å². The molecule has 2 atom stereocenters. The topological polar surface area (TPSA) is 38.8 Å². The Hall–Kier alpha value is -1.35. The van der Waals surface area contributed by atoms with Crippen LogP contribution in [0.5, 0.6) is 0 Å². The number of hydrogen-bond acceptors (Lipinski definition) is 3. The van der Waals surface area contributed by atoms with Gasteiger partial charge in [0.05, 0.1) is 0 Å². The first-order chi connectivity index (χ1) is 10.2. The van der Waals surface area contributed by atoms with E-state index >= 15 is 0 Å². The van der Waals surface area contributed by atoms with Gasteiger partial charge in [-0.05, 0) is 44.6 Å². The van der Waals surface area contributed by atoms with Crippen molar-refractivity contribution in [2.24, 2.45) is 0 Å². The first-order valence-electron chi connectivity index (χ1n) is 8.11. The summed E-state index contributed by atoms with van der Waals surface area (Å²) in [7, 11) is 0. The van der Waals surface area contributed by atoms with Gasteiger partial charge in [0, 0.05) is 0 Å². The second-order valence-electron chi connectivity index (χ2n) is 6.32. The van der Waals surface area contributed by atoms with Crippen molar-refractivity contribution in [3.05, 3.63) is 35.4 Å². The van der Waals surface area contributed by atoms with Crippen LogP contribution in [0.1, 0.15) is 62.7 Å². The molecule has 0 spiro atoms. The fourth-order valence-electron chi connectivity index (χ4n) is 3.26. The minimum absolute atomic E-state index is 0.0949. The molecule has 3 heteroatoms. The third kappa shape index (κ3) is 2.84. The summed E-state index contributed by atoms with van der Waals surface area (Å²) in [6, 6.07) is 8.21. The third-order valence-corrected chi connectivity index (χ3v) is 4.77. The summed E-state index contributed by atoms with van der Waals surface area (Å²) >= 11 is 0. The van der Waals surface area contributed by atoms with Gasteiger partial charge in [0.2, 0.25) is 0 Å². The largest absolute Gasteiger partial charge is 0.460 e. The van der Waals surface area contributed by atoms with E-state index in [1.165, 1.54) is 24.8 Å². The molecule has 0 amide bonds. The van der Waals surface area contributed by atoms with Gasteiger partial charge in [-0.15, -0.1) is 0 Å². The van der Waals surface area contributed by atoms with E-state index in [1.54, 1.807) is 0 Å². The van der Waals surface area contributed by atoms with Crippen LogP contribution in [0.25, 0.3) is 0 Å². The molecule has 1 saturated carbocycles. The van der Waals surface area contributed by atoms with Crippen molar-refractivity contribution in [1.29, 1.82) is 0 Å². The number of benzene rings is 1. The van der Waals surface area contributed by atoms with Gasteiger partial charge in [-0.2, -0.15) is 0 Å². The maximum atomic E-state index is 12.5. The Balaban J connectivity index is 1.67. The number of ether oxygens (including phenoxy) is 2. The van der Waals surface area contributed by atoms with Crippen LogP contribution < -0.4 is 0 Å². The highest BCUT2D eigenvalue weighted by atomic mass is 16.7. The molecule has 1 saturated heterocycles. The molecule has 1 aromatic carbocycles. The van der Waals surface area contributed by atoms with Crippen molar-refractivity contribution in [3.63, 3.8) is 0 Å². The Bertz CT molecular complexity index is 502. The molecule has 0 N–H and O–H groups in total. The van der Waals surface area contributed by atoms with Crippen LogP contribution in [0.2, 0.25) is 0 Å². The standard InChI is InChI=1S/C18H24O3/c1-3-18(17(19)20-15-7-5-4-6-8-15)16(21-18)14-11-9-13(2)10-12-14/h9-12,15-16H,3-8H2,1-2H3. The molecule has 2 unspecified atom stereocenters. The van der Waals surface area contributed by atoms with E-state index < -0.39 is 5.60 Å². The monoisotopic (exact) mass is 288 g/mol. The van der Waals surface area contributed by atoms with E-state index in [1.807, 2.05) is 19.1 Å². The van der Waals surface area contributed by atoms with Gasteiger partial charge in [0.1, 0.15) is 12.2 Å². The van der Waals surface area contributed by atoms with Crippen molar-refractivity contribution in [1.82, 2.24) is 0 Å².